The highest BCUT2D eigenvalue weighted by Crippen LogP contribution is 2.13. The molecule has 0 aliphatic carbocycles. The number of rotatable bonds is 3. The quantitative estimate of drug-likeness (QED) is 0.421. The molecule has 5 heteroatoms. The summed E-state index contributed by atoms with van der Waals surface area (Å²) in [4.78, 5) is 2.56. The first-order chi connectivity index (χ1) is 7.29. The number of nitrogens with zero attached hydrogens (tertiary/aromatic N) is 4. The number of azide groups is 1. The lowest BCUT2D eigenvalue weighted by atomic mass is 10.1. The fraction of sp³-hybridized carbons (Fsp3) is 0.100. The van der Waals surface area contributed by atoms with Crippen LogP contribution in [0.1, 0.15) is 11.1 Å². The summed E-state index contributed by atoms with van der Waals surface area (Å²) >= 11 is 0. The molecule has 0 aliphatic heterocycles. The maximum absolute atomic E-state index is 13.1. The molecule has 0 saturated carbocycles. The Morgan fingerprint density at radius 2 is 2.40 bits per heavy atom. The van der Waals surface area contributed by atoms with E-state index in [0.717, 1.165) is 0 Å². The average molecular weight is 202 g/mol. The topological polar surface area (TPSA) is 72.5 Å². The van der Waals surface area contributed by atoms with Gasteiger partial charge in [-0.2, -0.15) is 5.26 Å². The molecule has 0 aromatic heterocycles. The van der Waals surface area contributed by atoms with Gasteiger partial charge in [-0.1, -0.05) is 29.4 Å². The third-order valence-corrected chi connectivity index (χ3v) is 1.71. The SMILES string of the molecule is N#Cc1c(F)cccc1C=CCN=[N+]=[N-]. The molecule has 0 atom stereocenters. The van der Waals surface area contributed by atoms with E-state index in [0.29, 0.717) is 5.56 Å². The van der Waals surface area contributed by atoms with Gasteiger partial charge >= 0.3 is 0 Å². The van der Waals surface area contributed by atoms with E-state index in [1.165, 1.54) is 12.1 Å². The number of nitriles is 1. The lowest BCUT2D eigenvalue weighted by Crippen LogP contribution is -1.87. The van der Waals surface area contributed by atoms with Crippen LogP contribution in [0, 0.1) is 17.1 Å². The first kappa shape index (κ1) is 10.8. The molecule has 0 spiro atoms. The van der Waals surface area contributed by atoms with Gasteiger partial charge in [-0.15, -0.1) is 0 Å². The molecule has 4 nitrogen and oxygen atoms in total. The molecular formula is C10H7FN4. The molecule has 0 unspecified atom stereocenters. The molecule has 1 aromatic rings. The van der Waals surface area contributed by atoms with Crippen LogP contribution in [0.2, 0.25) is 0 Å². The Kier molecular flexibility index (Phi) is 3.90. The standard InChI is InChI=1S/C10H7FN4/c11-10-5-1-3-8(9(10)7-12)4-2-6-14-15-13/h1-5H,6H2. The normalized spacial score (nSPS) is 9.60. The van der Waals surface area contributed by atoms with Gasteiger partial charge in [0.2, 0.25) is 0 Å². The smallest absolute Gasteiger partial charge is 0.141 e. The number of halogens is 1. The van der Waals surface area contributed by atoms with E-state index in [9.17, 15) is 4.39 Å². The largest absolute Gasteiger partial charge is 0.206 e. The molecule has 0 N–H and O–H groups in total. The number of benzene rings is 1. The molecule has 0 aliphatic rings. The van der Waals surface area contributed by atoms with Crippen molar-refractivity contribution in [3.05, 3.63) is 51.7 Å². The van der Waals surface area contributed by atoms with Gasteiger partial charge in [-0.05, 0) is 17.2 Å². The van der Waals surface area contributed by atoms with E-state index in [1.807, 2.05) is 0 Å². The lowest BCUT2D eigenvalue weighted by Gasteiger charge is -1.97. The monoisotopic (exact) mass is 202 g/mol. The predicted molar refractivity (Wildman–Crippen MR) is 54.2 cm³/mol. The van der Waals surface area contributed by atoms with Crippen molar-refractivity contribution in [3.8, 4) is 6.07 Å². The van der Waals surface area contributed by atoms with Crippen molar-refractivity contribution in [2.75, 3.05) is 6.54 Å². The molecule has 0 amide bonds. The summed E-state index contributed by atoms with van der Waals surface area (Å²) < 4.78 is 13.1. The summed E-state index contributed by atoms with van der Waals surface area (Å²) in [7, 11) is 0. The molecule has 74 valence electrons. The van der Waals surface area contributed by atoms with Gasteiger partial charge in [-0.25, -0.2) is 4.39 Å². The van der Waals surface area contributed by atoms with Gasteiger partial charge in [-0.3, -0.25) is 0 Å². The summed E-state index contributed by atoms with van der Waals surface area (Å²) in [5, 5.41) is 12.0. The Morgan fingerprint density at radius 3 is 3.07 bits per heavy atom. The van der Waals surface area contributed by atoms with Crippen molar-refractivity contribution in [1.29, 1.82) is 5.26 Å². The maximum Gasteiger partial charge on any atom is 0.141 e. The van der Waals surface area contributed by atoms with E-state index in [-0.39, 0.29) is 12.1 Å². The fourth-order valence-corrected chi connectivity index (χ4v) is 1.06. The van der Waals surface area contributed by atoms with Crippen molar-refractivity contribution in [2.24, 2.45) is 5.11 Å². The zero-order valence-electron chi connectivity index (χ0n) is 7.76. The van der Waals surface area contributed by atoms with Crippen molar-refractivity contribution in [3.63, 3.8) is 0 Å². The minimum atomic E-state index is -0.552. The Balaban J connectivity index is 2.95. The number of hydrogen-bond donors (Lipinski definition) is 0. The molecule has 0 saturated heterocycles. The highest BCUT2D eigenvalue weighted by molar-refractivity contribution is 5.58. The molecule has 0 fully saturated rings. The van der Waals surface area contributed by atoms with Gasteiger partial charge < -0.3 is 0 Å². The minimum Gasteiger partial charge on any atom is -0.206 e. The molecule has 0 radical (unpaired) electrons. The Hall–Kier alpha value is -2.31. The Morgan fingerprint density at radius 1 is 1.60 bits per heavy atom. The zero-order valence-corrected chi connectivity index (χ0v) is 7.76. The summed E-state index contributed by atoms with van der Waals surface area (Å²) in [6.07, 6.45) is 3.12. The molecule has 15 heavy (non-hydrogen) atoms. The molecule has 1 aromatic carbocycles. The Bertz CT molecular complexity index is 467. The molecule has 0 heterocycles. The summed E-state index contributed by atoms with van der Waals surface area (Å²) in [6.45, 7) is 0.178. The van der Waals surface area contributed by atoms with E-state index >= 15 is 0 Å². The second-order valence-corrected chi connectivity index (χ2v) is 2.63. The highest BCUT2D eigenvalue weighted by Gasteiger charge is 2.03. The van der Waals surface area contributed by atoms with Crippen LogP contribution < -0.4 is 0 Å². The van der Waals surface area contributed by atoms with Gasteiger partial charge in [0.1, 0.15) is 11.9 Å². The van der Waals surface area contributed by atoms with Crippen molar-refractivity contribution < 1.29 is 4.39 Å². The van der Waals surface area contributed by atoms with E-state index in [2.05, 4.69) is 10.0 Å². The van der Waals surface area contributed by atoms with Gasteiger partial charge in [0.25, 0.3) is 0 Å². The number of hydrogen-bond acceptors (Lipinski definition) is 2. The van der Waals surface area contributed by atoms with Crippen molar-refractivity contribution >= 4 is 6.08 Å². The fourth-order valence-electron chi connectivity index (χ4n) is 1.06. The third-order valence-electron chi connectivity index (χ3n) is 1.71. The van der Waals surface area contributed by atoms with Crippen LogP contribution in [0.4, 0.5) is 4.39 Å². The van der Waals surface area contributed by atoms with Gasteiger partial charge in [0.15, 0.2) is 0 Å². The van der Waals surface area contributed by atoms with E-state index in [4.69, 9.17) is 10.8 Å². The van der Waals surface area contributed by atoms with Gasteiger partial charge in [0, 0.05) is 11.5 Å². The van der Waals surface area contributed by atoms with Crippen LogP contribution in [0.25, 0.3) is 16.5 Å². The predicted octanol–water partition coefficient (Wildman–Crippen LogP) is 3.02. The van der Waals surface area contributed by atoms with E-state index in [1.54, 1.807) is 24.3 Å². The molecule has 1 rings (SSSR count). The molecular weight excluding hydrogens is 195 g/mol. The highest BCUT2D eigenvalue weighted by atomic mass is 19.1. The van der Waals surface area contributed by atoms with E-state index < -0.39 is 5.82 Å². The van der Waals surface area contributed by atoms with Crippen LogP contribution in [0.5, 0.6) is 0 Å². The molecule has 0 bridgehead atoms. The first-order valence-corrected chi connectivity index (χ1v) is 4.15. The summed E-state index contributed by atoms with van der Waals surface area (Å²) in [6, 6.07) is 6.14. The minimum absolute atomic E-state index is 0.00492. The third kappa shape index (κ3) is 2.83. The van der Waals surface area contributed by atoms with Crippen LogP contribution in [0.15, 0.2) is 29.4 Å². The van der Waals surface area contributed by atoms with Crippen LogP contribution in [-0.2, 0) is 0 Å². The zero-order chi connectivity index (χ0) is 11.1. The first-order valence-electron chi connectivity index (χ1n) is 4.15. The second kappa shape index (κ2) is 5.43. The summed E-state index contributed by atoms with van der Waals surface area (Å²) in [5.74, 6) is -0.552. The lowest BCUT2D eigenvalue weighted by molar-refractivity contribution is 0.623. The van der Waals surface area contributed by atoms with Crippen LogP contribution in [-0.4, -0.2) is 6.54 Å². The van der Waals surface area contributed by atoms with Crippen molar-refractivity contribution in [1.82, 2.24) is 0 Å². The second-order valence-electron chi connectivity index (χ2n) is 2.63. The summed E-state index contributed by atoms with van der Waals surface area (Å²) in [5.41, 5.74) is 8.49. The van der Waals surface area contributed by atoms with Gasteiger partial charge in [0.05, 0.1) is 5.56 Å². The van der Waals surface area contributed by atoms with Crippen LogP contribution >= 0.6 is 0 Å². The maximum atomic E-state index is 13.1. The van der Waals surface area contributed by atoms with Crippen molar-refractivity contribution in [2.45, 2.75) is 0 Å². The Labute approximate surface area is 85.9 Å². The van der Waals surface area contributed by atoms with Crippen LogP contribution in [0.3, 0.4) is 0 Å². The average Bonchev–Trinajstić information content (AvgIpc) is 2.24.